The molecule has 0 aromatic heterocycles. The lowest BCUT2D eigenvalue weighted by molar-refractivity contribution is 0.0692. The number of carboxylic acid groups (broad SMARTS) is 1. The number of ether oxygens (including phenoxy) is 1. The topological polar surface area (TPSA) is 63.6 Å². The van der Waals surface area contributed by atoms with Gasteiger partial charge in [-0.05, 0) is 35.9 Å². The molecular weight excluding hydrogens is 295 g/mol. The summed E-state index contributed by atoms with van der Waals surface area (Å²) in [6, 6.07) is 10.5. The largest absolute Gasteiger partial charge is 0.497 e. The highest BCUT2D eigenvalue weighted by Gasteiger charge is 2.12. The Morgan fingerprint density at radius 1 is 1.29 bits per heavy atom. The summed E-state index contributed by atoms with van der Waals surface area (Å²) >= 11 is 0. The molecule has 0 radical (unpaired) electrons. The Morgan fingerprint density at radius 3 is 2.67 bits per heavy atom. The molecule has 0 saturated carbocycles. The number of halogens is 1. The number of hydrogen-bond donors (Lipinski definition) is 1. The lowest BCUT2D eigenvalue weighted by Crippen LogP contribution is -2.03. The molecule has 1 atom stereocenters. The van der Waals surface area contributed by atoms with Crippen LogP contribution in [0.1, 0.15) is 15.9 Å². The first kappa shape index (κ1) is 15.2. The van der Waals surface area contributed by atoms with E-state index >= 15 is 0 Å². The Kier molecular flexibility index (Phi) is 4.70. The van der Waals surface area contributed by atoms with Gasteiger partial charge in [0.05, 0.1) is 29.2 Å². The molecule has 0 aliphatic heterocycles. The van der Waals surface area contributed by atoms with Crippen molar-refractivity contribution in [1.82, 2.24) is 0 Å². The Labute approximate surface area is 123 Å². The van der Waals surface area contributed by atoms with Gasteiger partial charge in [0.1, 0.15) is 11.6 Å². The molecule has 0 fully saturated rings. The molecule has 0 aliphatic rings. The molecule has 1 N–H and O–H groups in total. The molecular formula is C15H13FO4S. The normalized spacial score (nSPS) is 11.9. The molecule has 1 unspecified atom stereocenters. The van der Waals surface area contributed by atoms with Gasteiger partial charge in [-0.3, -0.25) is 4.21 Å². The fourth-order valence-corrected chi connectivity index (χ4v) is 2.93. The molecule has 2 rings (SSSR count). The van der Waals surface area contributed by atoms with Crippen LogP contribution in [-0.2, 0) is 16.6 Å². The standard InChI is InChI=1S/C15H13FO4S/c1-20-11-3-2-4-12(8-11)21(19)9-10-5-6-13(15(17)18)14(16)7-10/h2-8H,9H2,1H3,(H,17,18). The van der Waals surface area contributed by atoms with Crippen LogP contribution in [0.15, 0.2) is 47.4 Å². The summed E-state index contributed by atoms with van der Waals surface area (Å²) in [5.74, 6) is -1.46. The monoisotopic (exact) mass is 308 g/mol. The molecule has 4 nitrogen and oxygen atoms in total. The minimum atomic E-state index is -1.37. The van der Waals surface area contributed by atoms with E-state index in [-0.39, 0.29) is 5.75 Å². The first-order valence-electron chi connectivity index (χ1n) is 6.05. The van der Waals surface area contributed by atoms with Crippen LogP contribution in [0.2, 0.25) is 0 Å². The third-order valence-corrected chi connectivity index (χ3v) is 4.24. The van der Waals surface area contributed by atoms with E-state index in [1.165, 1.54) is 19.2 Å². The van der Waals surface area contributed by atoms with E-state index in [9.17, 15) is 13.4 Å². The van der Waals surface area contributed by atoms with Crippen LogP contribution < -0.4 is 4.74 Å². The SMILES string of the molecule is COc1cccc(S(=O)Cc2ccc(C(=O)O)c(F)c2)c1. The third-order valence-electron chi connectivity index (χ3n) is 2.87. The van der Waals surface area contributed by atoms with Crippen LogP contribution in [0.3, 0.4) is 0 Å². The van der Waals surface area contributed by atoms with Crippen LogP contribution in [0.5, 0.6) is 5.75 Å². The lowest BCUT2D eigenvalue weighted by atomic mass is 10.1. The highest BCUT2D eigenvalue weighted by atomic mass is 32.2. The summed E-state index contributed by atoms with van der Waals surface area (Å²) in [4.78, 5) is 11.3. The molecule has 0 spiro atoms. The van der Waals surface area contributed by atoms with Gasteiger partial charge >= 0.3 is 5.97 Å². The van der Waals surface area contributed by atoms with Gasteiger partial charge in [-0.15, -0.1) is 0 Å². The Morgan fingerprint density at radius 2 is 2.05 bits per heavy atom. The van der Waals surface area contributed by atoms with E-state index < -0.39 is 28.1 Å². The lowest BCUT2D eigenvalue weighted by Gasteiger charge is -2.06. The maximum atomic E-state index is 13.6. The summed E-state index contributed by atoms with van der Waals surface area (Å²) in [6.45, 7) is 0. The molecule has 0 bridgehead atoms. The second kappa shape index (κ2) is 6.49. The first-order valence-corrected chi connectivity index (χ1v) is 7.37. The van der Waals surface area contributed by atoms with Crippen molar-refractivity contribution < 1.29 is 23.2 Å². The van der Waals surface area contributed by atoms with Crippen molar-refractivity contribution in [3.8, 4) is 5.75 Å². The van der Waals surface area contributed by atoms with Crippen molar-refractivity contribution in [2.24, 2.45) is 0 Å². The number of carbonyl (C=O) groups is 1. The number of aromatic carboxylic acids is 1. The van der Waals surface area contributed by atoms with Crippen molar-refractivity contribution in [3.63, 3.8) is 0 Å². The van der Waals surface area contributed by atoms with Crippen LogP contribution in [0.25, 0.3) is 0 Å². The summed E-state index contributed by atoms with van der Waals surface area (Å²) in [5, 5.41) is 8.76. The molecule has 0 aliphatic carbocycles. The summed E-state index contributed by atoms with van der Waals surface area (Å²) in [6.07, 6.45) is 0. The molecule has 0 heterocycles. The van der Waals surface area contributed by atoms with E-state index in [2.05, 4.69) is 0 Å². The molecule has 21 heavy (non-hydrogen) atoms. The summed E-state index contributed by atoms with van der Waals surface area (Å²) in [7, 11) is 0.150. The van der Waals surface area contributed by atoms with Crippen molar-refractivity contribution in [2.45, 2.75) is 10.6 Å². The van der Waals surface area contributed by atoms with E-state index in [0.717, 1.165) is 6.07 Å². The van der Waals surface area contributed by atoms with Gasteiger partial charge in [-0.2, -0.15) is 0 Å². The number of carboxylic acids is 1. The molecule has 6 heteroatoms. The number of methoxy groups -OCH3 is 1. The molecule has 2 aromatic carbocycles. The summed E-state index contributed by atoms with van der Waals surface area (Å²) in [5.41, 5.74) is 0.0737. The van der Waals surface area contributed by atoms with Gasteiger partial charge in [-0.25, -0.2) is 9.18 Å². The second-order valence-corrected chi connectivity index (χ2v) is 5.74. The van der Waals surface area contributed by atoms with Gasteiger partial charge in [-0.1, -0.05) is 12.1 Å². The average Bonchev–Trinajstić information content (AvgIpc) is 2.47. The highest BCUT2D eigenvalue weighted by molar-refractivity contribution is 7.84. The van der Waals surface area contributed by atoms with Gasteiger partial charge in [0.15, 0.2) is 0 Å². The number of rotatable bonds is 5. The van der Waals surface area contributed by atoms with Crippen LogP contribution >= 0.6 is 0 Å². The fourth-order valence-electron chi connectivity index (χ4n) is 1.80. The van der Waals surface area contributed by atoms with Crippen LogP contribution in [0.4, 0.5) is 4.39 Å². The molecule has 2 aromatic rings. The van der Waals surface area contributed by atoms with Crippen molar-refractivity contribution in [3.05, 3.63) is 59.4 Å². The molecule has 0 saturated heterocycles. The van der Waals surface area contributed by atoms with Gasteiger partial charge in [0.2, 0.25) is 0 Å². The Balaban J connectivity index is 2.19. The predicted octanol–water partition coefficient (Wildman–Crippen LogP) is 2.84. The minimum absolute atomic E-state index is 0.101. The maximum absolute atomic E-state index is 13.6. The smallest absolute Gasteiger partial charge is 0.338 e. The van der Waals surface area contributed by atoms with Gasteiger partial charge < -0.3 is 9.84 Å². The maximum Gasteiger partial charge on any atom is 0.338 e. The number of hydrogen-bond acceptors (Lipinski definition) is 3. The van der Waals surface area contributed by atoms with E-state index in [1.54, 1.807) is 24.3 Å². The zero-order valence-electron chi connectivity index (χ0n) is 11.2. The average molecular weight is 308 g/mol. The highest BCUT2D eigenvalue weighted by Crippen LogP contribution is 2.19. The zero-order valence-corrected chi connectivity index (χ0v) is 12.0. The number of benzene rings is 2. The summed E-state index contributed by atoms with van der Waals surface area (Å²) < 4.78 is 30.9. The predicted molar refractivity (Wildman–Crippen MR) is 76.5 cm³/mol. The fraction of sp³-hybridized carbons (Fsp3) is 0.133. The Hall–Kier alpha value is -2.21. The van der Waals surface area contributed by atoms with E-state index in [1.807, 2.05) is 0 Å². The molecule has 0 amide bonds. The van der Waals surface area contributed by atoms with E-state index in [4.69, 9.17) is 9.84 Å². The van der Waals surface area contributed by atoms with Gasteiger partial charge in [0, 0.05) is 4.90 Å². The van der Waals surface area contributed by atoms with Crippen LogP contribution in [0, 0.1) is 5.82 Å². The van der Waals surface area contributed by atoms with Crippen molar-refractivity contribution in [1.29, 1.82) is 0 Å². The third kappa shape index (κ3) is 3.66. The second-order valence-electron chi connectivity index (χ2n) is 4.29. The minimum Gasteiger partial charge on any atom is -0.497 e. The molecule has 110 valence electrons. The van der Waals surface area contributed by atoms with E-state index in [0.29, 0.717) is 16.2 Å². The van der Waals surface area contributed by atoms with Crippen molar-refractivity contribution >= 4 is 16.8 Å². The van der Waals surface area contributed by atoms with Crippen LogP contribution in [-0.4, -0.2) is 22.4 Å². The first-order chi connectivity index (χ1) is 10.0. The Bertz CT molecular complexity index is 700. The zero-order chi connectivity index (χ0) is 15.4. The quantitative estimate of drug-likeness (QED) is 0.922. The van der Waals surface area contributed by atoms with Crippen molar-refractivity contribution in [2.75, 3.05) is 7.11 Å². The van der Waals surface area contributed by atoms with Gasteiger partial charge in [0.25, 0.3) is 0 Å².